The number of aryl methyl sites for hydroxylation is 1. The highest BCUT2D eigenvalue weighted by molar-refractivity contribution is 5.94. The largest absolute Gasteiger partial charge is 0.478 e. The van der Waals surface area contributed by atoms with E-state index in [1.807, 2.05) is 29.8 Å². The monoisotopic (exact) mass is 246 g/mol. The Hall–Kier alpha value is -2.37. The topological polar surface area (TPSA) is 71.2 Å². The standard InChI is InChI=1S/C12H14N4O2/c1-15-6-5-14-11(15)8-16(2)10-7-13-4-3-9(10)12(17)18/h3-7H,8H2,1-2H3,(H,17,18). The molecule has 6 heteroatoms. The Morgan fingerprint density at radius 3 is 2.89 bits per heavy atom. The van der Waals surface area contributed by atoms with Crippen LogP contribution in [-0.4, -0.2) is 32.7 Å². The highest BCUT2D eigenvalue weighted by atomic mass is 16.4. The highest BCUT2D eigenvalue weighted by Gasteiger charge is 2.14. The van der Waals surface area contributed by atoms with E-state index in [0.717, 1.165) is 5.82 Å². The van der Waals surface area contributed by atoms with E-state index in [9.17, 15) is 4.79 Å². The predicted octanol–water partition coefficient (Wildman–Crippen LogP) is 1.15. The molecule has 0 radical (unpaired) electrons. The number of aromatic nitrogens is 3. The second kappa shape index (κ2) is 4.87. The van der Waals surface area contributed by atoms with Crippen molar-refractivity contribution in [1.29, 1.82) is 0 Å². The number of carboxylic acids is 1. The van der Waals surface area contributed by atoms with Gasteiger partial charge in [-0.2, -0.15) is 0 Å². The van der Waals surface area contributed by atoms with E-state index in [-0.39, 0.29) is 5.56 Å². The molecule has 0 saturated heterocycles. The lowest BCUT2D eigenvalue weighted by Crippen LogP contribution is -2.21. The first-order chi connectivity index (χ1) is 8.59. The summed E-state index contributed by atoms with van der Waals surface area (Å²) in [6.07, 6.45) is 6.59. The molecule has 0 atom stereocenters. The van der Waals surface area contributed by atoms with Gasteiger partial charge in [-0.3, -0.25) is 4.98 Å². The molecular weight excluding hydrogens is 232 g/mol. The Bertz CT molecular complexity index is 565. The van der Waals surface area contributed by atoms with Gasteiger partial charge in [-0.25, -0.2) is 9.78 Å². The van der Waals surface area contributed by atoms with Crippen molar-refractivity contribution in [3.63, 3.8) is 0 Å². The van der Waals surface area contributed by atoms with E-state index in [2.05, 4.69) is 9.97 Å². The summed E-state index contributed by atoms with van der Waals surface area (Å²) in [5.41, 5.74) is 0.815. The first-order valence-electron chi connectivity index (χ1n) is 5.44. The zero-order valence-corrected chi connectivity index (χ0v) is 10.2. The first-order valence-corrected chi connectivity index (χ1v) is 5.44. The minimum Gasteiger partial charge on any atom is -0.478 e. The average Bonchev–Trinajstić information content (AvgIpc) is 2.75. The molecular formula is C12H14N4O2. The summed E-state index contributed by atoms with van der Waals surface area (Å²) < 4.78 is 1.90. The van der Waals surface area contributed by atoms with Gasteiger partial charge in [-0.15, -0.1) is 0 Å². The maximum Gasteiger partial charge on any atom is 0.337 e. The van der Waals surface area contributed by atoms with Gasteiger partial charge in [0.2, 0.25) is 0 Å². The normalized spacial score (nSPS) is 10.3. The summed E-state index contributed by atoms with van der Waals surface area (Å²) in [5, 5.41) is 9.12. The van der Waals surface area contributed by atoms with E-state index in [4.69, 9.17) is 5.11 Å². The summed E-state index contributed by atoms with van der Waals surface area (Å²) in [5.74, 6) is -0.100. The number of aromatic carboxylic acids is 1. The summed E-state index contributed by atoms with van der Waals surface area (Å²) in [4.78, 5) is 21.1. The number of carboxylic acid groups (broad SMARTS) is 1. The van der Waals surface area contributed by atoms with Crippen molar-refractivity contribution < 1.29 is 9.90 Å². The van der Waals surface area contributed by atoms with E-state index < -0.39 is 5.97 Å². The zero-order valence-electron chi connectivity index (χ0n) is 10.2. The first kappa shape index (κ1) is 12.1. The van der Waals surface area contributed by atoms with Gasteiger partial charge in [0.25, 0.3) is 0 Å². The fourth-order valence-electron chi connectivity index (χ4n) is 1.72. The number of hydrogen-bond donors (Lipinski definition) is 1. The van der Waals surface area contributed by atoms with E-state index >= 15 is 0 Å². The van der Waals surface area contributed by atoms with Crippen LogP contribution in [0.4, 0.5) is 5.69 Å². The molecule has 2 heterocycles. The van der Waals surface area contributed by atoms with Gasteiger partial charge in [0.05, 0.1) is 24.0 Å². The van der Waals surface area contributed by atoms with Crippen LogP contribution in [0.15, 0.2) is 30.9 Å². The Balaban J connectivity index is 2.26. The number of hydrogen-bond acceptors (Lipinski definition) is 4. The number of imidazole rings is 1. The number of pyridine rings is 1. The third kappa shape index (κ3) is 2.32. The molecule has 1 N–H and O–H groups in total. The van der Waals surface area contributed by atoms with Crippen LogP contribution in [0.2, 0.25) is 0 Å². The number of nitrogens with zero attached hydrogens (tertiary/aromatic N) is 4. The molecule has 0 aliphatic rings. The molecule has 6 nitrogen and oxygen atoms in total. The van der Waals surface area contributed by atoms with Crippen LogP contribution < -0.4 is 4.90 Å². The van der Waals surface area contributed by atoms with Crippen LogP contribution >= 0.6 is 0 Å². The van der Waals surface area contributed by atoms with Crippen molar-refractivity contribution in [3.05, 3.63) is 42.2 Å². The molecule has 0 bridgehead atoms. The zero-order chi connectivity index (χ0) is 13.1. The second-order valence-electron chi connectivity index (χ2n) is 4.01. The minimum absolute atomic E-state index is 0.238. The van der Waals surface area contributed by atoms with Crippen molar-refractivity contribution in [2.24, 2.45) is 7.05 Å². The summed E-state index contributed by atoms with van der Waals surface area (Å²) in [7, 11) is 3.72. The van der Waals surface area contributed by atoms with Crippen LogP contribution in [0.3, 0.4) is 0 Å². The fraction of sp³-hybridized carbons (Fsp3) is 0.250. The van der Waals surface area contributed by atoms with Gasteiger partial charge in [0.15, 0.2) is 0 Å². The smallest absolute Gasteiger partial charge is 0.337 e. The molecule has 0 fully saturated rings. The molecule has 0 aromatic carbocycles. The van der Waals surface area contributed by atoms with Gasteiger partial charge < -0.3 is 14.6 Å². The molecule has 2 aromatic heterocycles. The van der Waals surface area contributed by atoms with Crippen LogP contribution in [0.1, 0.15) is 16.2 Å². The quantitative estimate of drug-likeness (QED) is 0.876. The third-order valence-electron chi connectivity index (χ3n) is 2.74. The SMILES string of the molecule is CN(Cc1nccn1C)c1cnccc1C(=O)O. The van der Waals surface area contributed by atoms with Crippen LogP contribution in [0.25, 0.3) is 0 Å². The van der Waals surface area contributed by atoms with Crippen molar-refractivity contribution in [1.82, 2.24) is 14.5 Å². The molecule has 0 saturated carbocycles. The summed E-state index contributed by atoms with van der Waals surface area (Å²) in [6, 6.07) is 1.49. The average molecular weight is 246 g/mol. The lowest BCUT2D eigenvalue weighted by molar-refractivity contribution is 0.0697. The maximum absolute atomic E-state index is 11.1. The van der Waals surface area contributed by atoms with Crippen LogP contribution in [0.5, 0.6) is 0 Å². The number of anilines is 1. The van der Waals surface area contributed by atoms with Crippen molar-refractivity contribution in [2.75, 3.05) is 11.9 Å². The van der Waals surface area contributed by atoms with Gasteiger partial charge in [-0.1, -0.05) is 0 Å². The number of carbonyl (C=O) groups is 1. The molecule has 0 aliphatic heterocycles. The molecule has 94 valence electrons. The molecule has 18 heavy (non-hydrogen) atoms. The maximum atomic E-state index is 11.1. The van der Waals surface area contributed by atoms with Gasteiger partial charge >= 0.3 is 5.97 Å². The van der Waals surface area contributed by atoms with E-state index in [1.54, 1.807) is 12.4 Å². The summed E-state index contributed by atoms with van der Waals surface area (Å²) in [6.45, 7) is 0.523. The van der Waals surface area contributed by atoms with Gasteiger partial charge in [-0.05, 0) is 6.07 Å². The molecule has 0 amide bonds. The van der Waals surface area contributed by atoms with Crippen molar-refractivity contribution in [2.45, 2.75) is 6.54 Å². The molecule has 0 aliphatic carbocycles. The predicted molar refractivity (Wildman–Crippen MR) is 66.5 cm³/mol. The van der Waals surface area contributed by atoms with Gasteiger partial charge in [0.1, 0.15) is 5.82 Å². The molecule has 0 spiro atoms. The Labute approximate surface area is 105 Å². The van der Waals surface area contributed by atoms with Crippen LogP contribution in [0, 0.1) is 0 Å². The Kier molecular flexibility index (Phi) is 3.27. The molecule has 2 rings (SSSR count). The van der Waals surface area contributed by atoms with E-state index in [0.29, 0.717) is 12.2 Å². The lowest BCUT2D eigenvalue weighted by atomic mass is 10.2. The van der Waals surface area contributed by atoms with Gasteiger partial charge in [0, 0.05) is 32.7 Å². The molecule has 2 aromatic rings. The highest BCUT2D eigenvalue weighted by Crippen LogP contribution is 2.19. The lowest BCUT2D eigenvalue weighted by Gasteiger charge is -2.20. The molecule has 0 unspecified atom stereocenters. The van der Waals surface area contributed by atoms with Crippen molar-refractivity contribution >= 4 is 11.7 Å². The Morgan fingerprint density at radius 2 is 2.28 bits per heavy atom. The fourth-order valence-corrected chi connectivity index (χ4v) is 1.72. The third-order valence-corrected chi connectivity index (χ3v) is 2.74. The summed E-state index contributed by atoms with van der Waals surface area (Å²) >= 11 is 0. The van der Waals surface area contributed by atoms with Crippen molar-refractivity contribution in [3.8, 4) is 0 Å². The second-order valence-corrected chi connectivity index (χ2v) is 4.01. The number of rotatable bonds is 4. The van der Waals surface area contributed by atoms with Crippen LogP contribution in [-0.2, 0) is 13.6 Å². The van der Waals surface area contributed by atoms with E-state index in [1.165, 1.54) is 12.3 Å². The minimum atomic E-state index is -0.959. The Morgan fingerprint density at radius 1 is 1.50 bits per heavy atom.